The monoisotopic (exact) mass is 234 g/mol. The summed E-state index contributed by atoms with van der Waals surface area (Å²) in [5.41, 5.74) is 2.58. The molecule has 0 fully saturated rings. The summed E-state index contributed by atoms with van der Waals surface area (Å²) in [7, 11) is 0. The van der Waals surface area contributed by atoms with Crippen LogP contribution in [0, 0.1) is 0 Å². The summed E-state index contributed by atoms with van der Waals surface area (Å²) in [6, 6.07) is 6.42. The summed E-state index contributed by atoms with van der Waals surface area (Å²) in [5.74, 6) is 1.03. The zero-order valence-corrected chi connectivity index (χ0v) is 11.0. The minimum Gasteiger partial charge on any atom is -0.488 e. The molecule has 1 heterocycles. The molecule has 17 heavy (non-hydrogen) atoms. The lowest BCUT2D eigenvalue weighted by molar-refractivity contribution is 0.0846. The second-order valence-electron chi connectivity index (χ2n) is 5.69. The number of ether oxygens (including phenoxy) is 1. The summed E-state index contributed by atoms with van der Waals surface area (Å²) < 4.78 is 5.95. The molecule has 1 N–H and O–H groups in total. The summed E-state index contributed by atoms with van der Waals surface area (Å²) in [5, 5.41) is 9.30. The van der Waals surface area contributed by atoms with Gasteiger partial charge in [0.15, 0.2) is 0 Å². The average molecular weight is 234 g/mol. The maximum absolute atomic E-state index is 9.30. The van der Waals surface area contributed by atoms with E-state index in [-0.39, 0.29) is 11.7 Å². The highest BCUT2D eigenvalue weighted by Gasteiger charge is 2.26. The third kappa shape index (κ3) is 3.22. The Morgan fingerprint density at radius 2 is 2.18 bits per heavy atom. The molecular weight excluding hydrogens is 212 g/mol. The van der Waals surface area contributed by atoms with E-state index in [0.29, 0.717) is 0 Å². The van der Waals surface area contributed by atoms with Gasteiger partial charge in [-0.05, 0) is 63.6 Å². The molecule has 2 rings (SSSR count). The highest BCUT2D eigenvalue weighted by atomic mass is 16.5. The first kappa shape index (κ1) is 12.4. The third-order valence-electron chi connectivity index (χ3n) is 3.36. The molecule has 0 aromatic heterocycles. The molecule has 0 amide bonds. The quantitative estimate of drug-likeness (QED) is 0.870. The van der Waals surface area contributed by atoms with E-state index >= 15 is 0 Å². The van der Waals surface area contributed by atoms with Gasteiger partial charge in [-0.15, -0.1) is 0 Å². The lowest BCUT2D eigenvalue weighted by Gasteiger charge is -2.32. The van der Waals surface area contributed by atoms with E-state index in [2.05, 4.69) is 32.0 Å². The molecule has 2 nitrogen and oxygen atoms in total. The Kier molecular flexibility index (Phi) is 3.43. The Hall–Kier alpha value is -1.02. The van der Waals surface area contributed by atoms with Crippen LogP contribution in [-0.2, 0) is 12.8 Å². The van der Waals surface area contributed by atoms with Crippen molar-refractivity contribution in [3.05, 3.63) is 29.3 Å². The van der Waals surface area contributed by atoms with Crippen LogP contribution in [0.25, 0.3) is 0 Å². The maximum Gasteiger partial charge on any atom is 0.123 e. The molecule has 0 aliphatic carbocycles. The molecule has 1 aliphatic heterocycles. The van der Waals surface area contributed by atoms with Crippen LogP contribution in [-0.4, -0.2) is 16.8 Å². The van der Waals surface area contributed by atoms with Gasteiger partial charge < -0.3 is 9.84 Å². The summed E-state index contributed by atoms with van der Waals surface area (Å²) in [6.45, 7) is 6.11. The normalized spacial score (nSPS) is 19.3. The summed E-state index contributed by atoms with van der Waals surface area (Å²) >= 11 is 0. The first-order valence-electron chi connectivity index (χ1n) is 6.45. The van der Waals surface area contributed by atoms with Crippen LogP contribution >= 0.6 is 0 Å². The highest BCUT2D eigenvalue weighted by Crippen LogP contribution is 2.33. The number of benzene rings is 1. The highest BCUT2D eigenvalue weighted by molar-refractivity contribution is 5.39. The number of rotatable bonds is 3. The predicted octanol–water partition coefficient (Wildman–Crippen LogP) is 3.10. The van der Waals surface area contributed by atoms with E-state index in [9.17, 15) is 5.11 Å². The fourth-order valence-corrected chi connectivity index (χ4v) is 2.24. The van der Waals surface area contributed by atoms with Crippen molar-refractivity contribution >= 4 is 0 Å². The van der Waals surface area contributed by atoms with Crippen molar-refractivity contribution in [3.8, 4) is 5.75 Å². The smallest absolute Gasteiger partial charge is 0.123 e. The molecule has 0 unspecified atom stereocenters. The number of fused-ring (bicyclic) bond motifs is 1. The first-order valence-corrected chi connectivity index (χ1v) is 6.45. The fourth-order valence-electron chi connectivity index (χ4n) is 2.24. The minimum absolute atomic E-state index is 0.0336. The topological polar surface area (TPSA) is 29.5 Å². The van der Waals surface area contributed by atoms with Gasteiger partial charge in [-0.1, -0.05) is 12.1 Å². The van der Waals surface area contributed by atoms with Crippen molar-refractivity contribution in [2.24, 2.45) is 0 Å². The number of aryl methyl sites for hydroxylation is 2. The van der Waals surface area contributed by atoms with Crippen LogP contribution in [0.3, 0.4) is 0 Å². The van der Waals surface area contributed by atoms with E-state index in [0.717, 1.165) is 31.4 Å². The van der Waals surface area contributed by atoms with Crippen LogP contribution in [0.5, 0.6) is 5.75 Å². The number of aliphatic hydroxyl groups excluding tert-OH is 1. The molecule has 0 radical (unpaired) electrons. The molecule has 0 saturated heterocycles. The molecule has 1 atom stereocenters. The van der Waals surface area contributed by atoms with Crippen LogP contribution in [0.2, 0.25) is 0 Å². The van der Waals surface area contributed by atoms with E-state index in [4.69, 9.17) is 4.74 Å². The zero-order chi connectivity index (χ0) is 12.5. The van der Waals surface area contributed by atoms with Crippen molar-refractivity contribution in [2.75, 3.05) is 0 Å². The van der Waals surface area contributed by atoms with E-state index in [1.165, 1.54) is 11.1 Å². The Labute approximate surface area is 104 Å². The largest absolute Gasteiger partial charge is 0.488 e. The minimum atomic E-state index is -0.221. The molecule has 0 saturated carbocycles. The lowest BCUT2D eigenvalue weighted by Crippen LogP contribution is -2.32. The van der Waals surface area contributed by atoms with Gasteiger partial charge in [-0.3, -0.25) is 0 Å². The standard InChI is InChI=1S/C15H22O2/c1-11(16)4-5-12-6-7-14-13(10-12)8-9-15(2,3)17-14/h6-7,10-11,16H,4-5,8-9H2,1-3H3/t11-/m1/s1. The summed E-state index contributed by atoms with van der Waals surface area (Å²) in [4.78, 5) is 0. The van der Waals surface area contributed by atoms with Crippen LogP contribution in [0.4, 0.5) is 0 Å². The van der Waals surface area contributed by atoms with Gasteiger partial charge in [0.2, 0.25) is 0 Å². The zero-order valence-electron chi connectivity index (χ0n) is 11.0. The summed E-state index contributed by atoms with van der Waals surface area (Å²) in [6.07, 6.45) is 3.70. The molecule has 1 aromatic carbocycles. The van der Waals surface area contributed by atoms with Crippen molar-refractivity contribution in [2.45, 2.75) is 58.2 Å². The van der Waals surface area contributed by atoms with Crippen LogP contribution in [0.15, 0.2) is 18.2 Å². The molecule has 1 aromatic rings. The fraction of sp³-hybridized carbons (Fsp3) is 0.600. The van der Waals surface area contributed by atoms with Crippen molar-refractivity contribution in [1.82, 2.24) is 0 Å². The SMILES string of the molecule is C[C@@H](O)CCc1ccc2c(c1)CCC(C)(C)O2. The molecule has 0 bridgehead atoms. The van der Waals surface area contributed by atoms with E-state index in [1.54, 1.807) is 0 Å². The van der Waals surface area contributed by atoms with Gasteiger partial charge in [-0.2, -0.15) is 0 Å². The van der Waals surface area contributed by atoms with Gasteiger partial charge in [0.25, 0.3) is 0 Å². The Bertz CT molecular complexity index is 394. The number of aliphatic hydroxyl groups is 1. The van der Waals surface area contributed by atoms with Crippen LogP contribution in [0.1, 0.15) is 44.7 Å². The lowest BCUT2D eigenvalue weighted by atomic mass is 9.92. The average Bonchev–Trinajstić information content (AvgIpc) is 2.25. The number of hydrogen-bond donors (Lipinski definition) is 1. The van der Waals surface area contributed by atoms with Crippen molar-refractivity contribution in [1.29, 1.82) is 0 Å². The second kappa shape index (κ2) is 4.69. The first-order chi connectivity index (χ1) is 7.96. The molecule has 1 aliphatic rings. The van der Waals surface area contributed by atoms with Crippen LogP contribution < -0.4 is 4.74 Å². The van der Waals surface area contributed by atoms with Gasteiger partial charge in [0, 0.05) is 0 Å². The van der Waals surface area contributed by atoms with Crippen molar-refractivity contribution < 1.29 is 9.84 Å². The third-order valence-corrected chi connectivity index (χ3v) is 3.36. The molecule has 0 spiro atoms. The molecular formula is C15H22O2. The second-order valence-corrected chi connectivity index (χ2v) is 5.69. The Morgan fingerprint density at radius 3 is 2.88 bits per heavy atom. The molecule has 2 heteroatoms. The predicted molar refractivity (Wildman–Crippen MR) is 69.5 cm³/mol. The van der Waals surface area contributed by atoms with E-state index < -0.39 is 0 Å². The number of hydrogen-bond acceptors (Lipinski definition) is 2. The molecule has 94 valence electrons. The van der Waals surface area contributed by atoms with E-state index in [1.807, 2.05) is 6.92 Å². The van der Waals surface area contributed by atoms with Crippen molar-refractivity contribution in [3.63, 3.8) is 0 Å². The Morgan fingerprint density at radius 1 is 1.41 bits per heavy atom. The van der Waals surface area contributed by atoms with Gasteiger partial charge in [0.1, 0.15) is 11.4 Å². The maximum atomic E-state index is 9.30. The van der Waals surface area contributed by atoms with Gasteiger partial charge in [0.05, 0.1) is 6.10 Å². The Balaban J connectivity index is 2.10. The van der Waals surface area contributed by atoms with Gasteiger partial charge in [-0.25, -0.2) is 0 Å². The van der Waals surface area contributed by atoms with Gasteiger partial charge >= 0.3 is 0 Å².